The van der Waals surface area contributed by atoms with Gasteiger partial charge in [-0.05, 0) is 44.4 Å². The lowest BCUT2D eigenvalue weighted by molar-refractivity contribution is -0.0107. The van der Waals surface area contributed by atoms with E-state index < -0.39 is 5.60 Å². The van der Waals surface area contributed by atoms with E-state index in [-0.39, 0.29) is 5.91 Å². The van der Waals surface area contributed by atoms with Crippen LogP contribution in [0.2, 0.25) is 0 Å². The monoisotopic (exact) mass is 286 g/mol. The van der Waals surface area contributed by atoms with E-state index in [4.69, 9.17) is 5.73 Å². The summed E-state index contributed by atoms with van der Waals surface area (Å²) in [5, 5.41) is 10.2. The Bertz CT molecular complexity index is 597. The Hall–Kier alpha value is -1.83. The van der Waals surface area contributed by atoms with Crippen molar-refractivity contribution in [1.82, 2.24) is 4.90 Å². The number of hydrogen-bond donors (Lipinski definition) is 2. The van der Waals surface area contributed by atoms with E-state index in [1.54, 1.807) is 11.8 Å². The van der Waals surface area contributed by atoms with Crippen molar-refractivity contribution in [1.29, 1.82) is 0 Å². The minimum Gasteiger partial charge on any atom is -0.388 e. The van der Waals surface area contributed by atoms with Gasteiger partial charge in [0.05, 0.1) is 12.1 Å². The topological polar surface area (TPSA) is 66.6 Å². The molecular formula is C17H22N2O2. The SMILES string of the molecule is Cc1ccc(C#CCN)cc1C(=O)N1CCCC(C)(O)C1. The highest BCUT2D eigenvalue weighted by Crippen LogP contribution is 2.23. The van der Waals surface area contributed by atoms with E-state index in [0.29, 0.717) is 25.2 Å². The van der Waals surface area contributed by atoms with Gasteiger partial charge in [0.15, 0.2) is 0 Å². The molecule has 1 aromatic carbocycles. The van der Waals surface area contributed by atoms with Crippen LogP contribution in [0.1, 0.15) is 41.3 Å². The molecule has 0 aliphatic carbocycles. The van der Waals surface area contributed by atoms with Gasteiger partial charge in [0.2, 0.25) is 0 Å². The lowest BCUT2D eigenvalue weighted by Crippen LogP contribution is -2.48. The molecule has 3 N–H and O–H groups in total. The molecule has 0 aromatic heterocycles. The molecule has 1 aliphatic heterocycles. The quantitative estimate of drug-likeness (QED) is 0.765. The van der Waals surface area contributed by atoms with Crippen molar-refractivity contribution in [3.8, 4) is 11.8 Å². The number of carbonyl (C=O) groups excluding carboxylic acids is 1. The number of carbonyl (C=O) groups is 1. The minimum atomic E-state index is -0.793. The Morgan fingerprint density at radius 2 is 2.29 bits per heavy atom. The molecule has 21 heavy (non-hydrogen) atoms. The van der Waals surface area contributed by atoms with Crippen LogP contribution in [0, 0.1) is 18.8 Å². The highest BCUT2D eigenvalue weighted by atomic mass is 16.3. The number of β-amino-alcohol motifs (C(OH)–C–C–N with tert-alkyl or cyclic N) is 1. The van der Waals surface area contributed by atoms with Gasteiger partial charge in [0.1, 0.15) is 0 Å². The Morgan fingerprint density at radius 3 is 2.95 bits per heavy atom. The summed E-state index contributed by atoms with van der Waals surface area (Å²) in [7, 11) is 0. The van der Waals surface area contributed by atoms with Crippen LogP contribution in [-0.2, 0) is 0 Å². The van der Waals surface area contributed by atoms with Gasteiger partial charge in [-0.1, -0.05) is 17.9 Å². The minimum absolute atomic E-state index is 0.0381. The lowest BCUT2D eigenvalue weighted by atomic mass is 9.94. The number of likely N-dealkylation sites (tertiary alicyclic amines) is 1. The maximum atomic E-state index is 12.7. The summed E-state index contributed by atoms with van der Waals surface area (Å²) in [6.45, 7) is 5.06. The maximum Gasteiger partial charge on any atom is 0.254 e. The molecule has 1 aromatic rings. The van der Waals surface area contributed by atoms with Crippen molar-refractivity contribution in [3.63, 3.8) is 0 Å². The van der Waals surface area contributed by atoms with Crippen LogP contribution in [0.4, 0.5) is 0 Å². The summed E-state index contributed by atoms with van der Waals surface area (Å²) in [6.07, 6.45) is 1.56. The Kier molecular flexibility index (Phi) is 4.66. The number of nitrogens with zero attached hydrogens (tertiary/aromatic N) is 1. The van der Waals surface area contributed by atoms with Gasteiger partial charge in [-0.3, -0.25) is 4.79 Å². The number of amides is 1. The Morgan fingerprint density at radius 1 is 1.52 bits per heavy atom. The third-order valence-corrected chi connectivity index (χ3v) is 3.76. The second kappa shape index (κ2) is 6.30. The standard InChI is InChI=1S/C17H22N2O2/c1-13-6-7-14(5-3-9-18)11-15(13)16(20)19-10-4-8-17(2,21)12-19/h6-7,11,21H,4,8-10,12,18H2,1-2H3. The zero-order valence-electron chi connectivity index (χ0n) is 12.6. The van der Waals surface area contributed by atoms with Crippen LogP contribution in [-0.4, -0.2) is 41.1 Å². The third-order valence-electron chi connectivity index (χ3n) is 3.76. The van der Waals surface area contributed by atoms with Crippen molar-refractivity contribution in [3.05, 3.63) is 34.9 Å². The number of piperidine rings is 1. The predicted molar refractivity (Wildman–Crippen MR) is 82.9 cm³/mol. The van der Waals surface area contributed by atoms with Crippen molar-refractivity contribution in [2.24, 2.45) is 5.73 Å². The van der Waals surface area contributed by atoms with Gasteiger partial charge in [-0.15, -0.1) is 0 Å². The van der Waals surface area contributed by atoms with E-state index in [1.807, 2.05) is 25.1 Å². The molecule has 0 spiro atoms. The summed E-state index contributed by atoms with van der Waals surface area (Å²) in [5.74, 6) is 5.71. The van der Waals surface area contributed by atoms with Crippen molar-refractivity contribution >= 4 is 5.91 Å². The van der Waals surface area contributed by atoms with Gasteiger partial charge in [0.25, 0.3) is 5.91 Å². The fourth-order valence-corrected chi connectivity index (χ4v) is 2.65. The van der Waals surface area contributed by atoms with Gasteiger partial charge < -0.3 is 15.7 Å². The van der Waals surface area contributed by atoms with E-state index in [9.17, 15) is 9.90 Å². The normalized spacial score (nSPS) is 21.6. The fourth-order valence-electron chi connectivity index (χ4n) is 2.65. The van der Waals surface area contributed by atoms with Crippen LogP contribution in [0.5, 0.6) is 0 Å². The average Bonchev–Trinajstić information content (AvgIpc) is 2.44. The summed E-state index contributed by atoms with van der Waals surface area (Å²) < 4.78 is 0. The first-order valence-electron chi connectivity index (χ1n) is 7.24. The van der Waals surface area contributed by atoms with E-state index in [1.165, 1.54) is 0 Å². The first kappa shape index (κ1) is 15.6. The number of nitrogens with two attached hydrogens (primary N) is 1. The molecule has 112 valence electrons. The number of benzene rings is 1. The number of hydrogen-bond acceptors (Lipinski definition) is 3. The number of rotatable bonds is 1. The molecule has 1 unspecified atom stereocenters. The average molecular weight is 286 g/mol. The highest BCUT2D eigenvalue weighted by molar-refractivity contribution is 5.96. The van der Waals surface area contributed by atoms with Gasteiger partial charge in [0, 0.05) is 24.2 Å². The smallest absolute Gasteiger partial charge is 0.254 e. The first-order valence-corrected chi connectivity index (χ1v) is 7.24. The Labute approximate surface area is 125 Å². The lowest BCUT2D eigenvalue weighted by Gasteiger charge is -2.37. The fraction of sp³-hybridized carbons (Fsp3) is 0.471. The Balaban J connectivity index is 2.26. The number of aryl methyl sites for hydroxylation is 1. The van der Waals surface area contributed by atoms with Crippen LogP contribution in [0.25, 0.3) is 0 Å². The van der Waals surface area contributed by atoms with Crippen LogP contribution < -0.4 is 5.73 Å². The summed E-state index contributed by atoms with van der Waals surface area (Å²) in [6, 6.07) is 5.60. The third kappa shape index (κ3) is 3.84. The second-order valence-electron chi connectivity index (χ2n) is 5.86. The summed E-state index contributed by atoms with van der Waals surface area (Å²) >= 11 is 0. The van der Waals surface area contributed by atoms with Crippen LogP contribution >= 0.6 is 0 Å². The van der Waals surface area contributed by atoms with E-state index in [2.05, 4.69) is 11.8 Å². The molecule has 1 fully saturated rings. The molecule has 1 atom stereocenters. The van der Waals surface area contributed by atoms with Crippen LogP contribution in [0.3, 0.4) is 0 Å². The molecular weight excluding hydrogens is 264 g/mol. The van der Waals surface area contributed by atoms with Crippen molar-refractivity contribution < 1.29 is 9.90 Å². The highest BCUT2D eigenvalue weighted by Gasteiger charge is 2.31. The van der Waals surface area contributed by atoms with Gasteiger partial charge in [-0.2, -0.15) is 0 Å². The molecule has 0 bridgehead atoms. The zero-order chi connectivity index (χ0) is 15.5. The van der Waals surface area contributed by atoms with Gasteiger partial charge in [-0.25, -0.2) is 0 Å². The molecule has 0 saturated carbocycles. The molecule has 1 aliphatic rings. The largest absolute Gasteiger partial charge is 0.388 e. The molecule has 0 radical (unpaired) electrons. The van der Waals surface area contributed by atoms with E-state index >= 15 is 0 Å². The first-order chi connectivity index (χ1) is 9.93. The molecule has 1 amide bonds. The van der Waals surface area contributed by atoms with Gasteiger partial charge >= 0.3 is 0 Å². The van der Waals surface area contributed by atoms with Crippen LogP contribution in [0.15, 0.2) is 18.2 Å². The van der Waals surface area contributed by atoms with Crippen molar-refractivity contribution in [2.75, 3.05) is 19.6 Å². The zero-order valence-corrected chi connectivity index (χ0v) is 12.6. The van der Waals surface area contributed by atoms with Crippen molar-refractivity contribution in [2.45, 2.75) is 32.3 Å². The second-order valence-corrected chi connectivity index (χ2v) is 5.86. The van der Waals surface area contributed by atoms with E-state index in [0.717, 1.165) is 24.0 Å². The molecule has 1 saturated heterocycles. The molecule has 4 nitrogen and oxygen atoms in total. The summed E-state index contributed by atoms with van der Waals surface area (Å²) in [4.78, 5) is 14.4. The maximum absolute atomic E-state index is 12.7. The predicted octanol–water partition coefficient (Wildman–Crippen LogP) is 1.29. The summed E-state index contributed by atoms with van der Waals surface area (Å²) in [5.41, 5.74) is 6.94. The molecule has 2 rings (SSSR count). The molecule has 1 heterocycles. The number of aliphatic hydroxyl groups is 1. The molecule has 4 heteroatoms.